The van der Waals surface area contributed by atoms with Crippen LogP contribution in [0.25, 0.3) is 0 Å². The van der Waals surface area contributed by atoms with E-state index >= 15 is 0 Å². The third kappa shape index (κ3) is 3.07. The number of alkyl halides is 1. The van der Waals surface area contributed by atoms with Crippen LogP contribution in [0.15, 0.2) is 24.3 Å². The van der Waals surface area contributed by atoms with E-state index in [0.717, 1.165) is 18.5 Å². The minimum Gasteiger partial charge on any atom is -0.308 e. The summed E-state index contributed by atoms with van der Waals surface area (Å²) >= 11 is 5.77. The Balaban J connectivity index is 0.00000112. The third-order valence-corrected chi connectivity index (χ3v) is 2.86. The van der Waals surface area contributed by atoms with Gasteiger partial charge in [0.15, 0.2) is 0 Å². The molecule has 4 heteroatoms. The number of halogens is 3. The number of piperidine rings is 1. The highest BCUT2D eigenvalue weighted by Gasteiger charge is 2.25. The summed E-state index contributed by atoms with van der Waals surface area (Å²) in [6.45, 7) is 0.897. The van der Waals surface area contributed by atoms with Crippen molar-refractivity contribution in [2.24, 2.45) is 0 Å². The molecule has 0 aliphatic carbocycles. The van der Waals surface area contributed by atoms with E-state index in [4.69, 9.17) is 11.6 Å². The second kappa shape index (κ2) is 5.69. The largest absolute Gasteiger partial charge is 0.308 e. The molecule has 1 fully saturated rings. The van der Waals surface area contributed by atoms with Crippen LogP contribution in [0.4, 0.5) is 4.39 Å². The van der Waals surface area contributed by atoms with Crippen LogP contribution < -0.4 is 5.32 Å². The minimum atomic E-state index is -0.773. The van der Waals surface area contributed by atoms with Crippen molar-refractivity contribution in [3.05, 3.63) is 34.9 Å². The molecule has 84 valence electrons. The average Bonchev–Trinajstić information content (AvgIpc) is 2.20. The average molecular weight is 250 g/mol. The van der Waals surface area contributed by atoms with Crippen LogP contribution in [-0.4, -0.2) is 12.7 Å². The molecule has 2 rings (SSSR count). The molecule has 0 bridgehead atoms. The van der Waals surface area contributed by atoms with E-state index in [1.807, 2.05) is 12.1 Å². The first-order valence-electron chi connectivity index (χ1n) is 4.90. The smallest absolute Gasteiger partial charge is 0.120 e. The van der Waals surface area contributed by atoms with Gasteiger partial charge in [-0.1, -0.05) is 23.7 Å². The van der Waals surface area contributed by atoms with Crippen LogP contribution in [0.5, 0.6) is 0 Å². The summed E-state index contributed by atoms with van der Waals surface area (Å²) in [4.78, 5) is 0. The Labute approximate surface area is 100 Å². The monoisotopic (exact) mass is 249 g/mol. The van der Waals surface area contributed by atoms with E-state index in [2.05, 4.69) is 5.32 Å². The van der Waals surface area contributed by atoms with Gasteiger partial charge in [0.05, 0.1) is 6.04 Å². The van der Waals surface area contributed by atoms with Gasteiger partial charge in [0.1, 0.15) is 6.17 Å². The van der Waals surface area contributed by atoms with Gasteiger partial charge in [-0.2, -0.15) is 0 Å². The Morgan fingerprint density at radius 2 is 1.93 bits per heavy atom. The van der Waals surface area contributed by atoms with Crippen LogP contribution in [0.2, 0.25) is 5.02 Å². The molecule has 0 saturated carbocycles. The maximum atomic E-state index is 13.5. The summed E-state index contributed by atoms with van der Waals surface area (Å²) in [5.74, 6) is 0. The minimum absolute atomic E-state index is 0. The predicted molar refractivity (Wildman–Crippen MR) is 63.6 cm³/mol. The summed E-state index contributed by atoms with van der Waals surface area (Å²) < 4.78 is 13.5. The summed E-state index contributed by atoms with van der Waals surface area (Å²) in [5, 5.41) is 3.88. The zero-order chi connectivity index (χ0) is 9.97. The van der Waals surface area contributed by atoms with Crippen molar-refractivity contribution in [2.75, 3.05) is 6.54 Å². The van der Waals surface area contributed by atoms with Gasteiger partial charge in [0.25, 0.3) is 0 Å². The van der Waals surface area contributed by atoms with Gasteiger partial charge < -0.3 is 5.32 Å². The highest BCUT2D eigenvalue weighted by molar-refractivity contribution is 6.30. The first-order valence-corrected chi connectivity index (χ1v) is 5.28. The van der Waals surface area contributed by atoms with Gasteiger partial charge >= 0.3 is 0 Å². The maximum Gasteiger partial charge on any atom is 0.120 e. The number of benzene rings is 1. The van der Waals surface area contributed by atoms with Crippen molar-refractivity contribution < 1.29 is 4.39 Å². The molecule has 1 aromatic carbocycles. The maximum absolute atomic E-state index is 13.5. The van der Waals surface area contributed by atoms with Crippen LogP contribution >= 0.6 is 24.0 Å². The van der Waals surface area contributed by atoms with Crippen LogP contribution in [-0.2, 0) is 0 Å². The molecule has 1 heterocycles. The van der Waals surface area contributed by atoms with Gasteiger partial charge in [-0.15, -0.1) is 12.4 Å². The number of hydrogen-bond acceptors (Lipinski definition) is 1. The van der Waals surface area contributed by atoms with E-state index in [-0.39, 0.29) is 18.4 Å². The van der Waals surface area contributed by atoms with Gasteiger partial charge in [-0.3, -0.25) is 0 Å². The fraction of sp³-hybridized carbons (Fsp3) is 0.455. The van der Waals surface area contributed by atoms with Crippen molar-refractivity contribution in [1.82, 2.24) is 5.32 Å². The zero-order valence-electron chi connectivity index (χ0n) is 8.25. The number of hydrogen-bond donors (Lipinski definition) is 1. The second-order valence-electron chi connectivity index (χ2n) is 3.64. The SMILES string of the molecule is Cl.FC1CCCNC1c1ccc(Cl)cc1. The Morgan fingerprint density at radius 3 is 2.53 bits per heavy atom. The molecule has 2 atom stereocenters. The molecule has 1 saturated heterocycles. The zero-order valence-corrected chi connectivity index (χ0v) is 9.82. The van der Waals surface area contributed by atoms with Crippen molar-refractivity contribution in [2.45, 2.75) is 25.1 Å². The standard InChI is InChI=1S/C11H13ClFN.ClH/c12-9-5-3-8(4-6-9)11-10(13)2-1-7-14-11;/h3-6,10-11,14H,1-2,7H2;1H. The number of rotatable bonds is 1. The van der Waals surface area contributed by atoms with Gasteiger partial charge in [0.2, 0.25) is 0 Å². The van der Waals surface area contributed by atoms with Crippen molar-refractivity contribution in [3.8, 4) is 0 Å². The molecule has 1 aliphatic rings. The molecule has 1 aromatic rings. The number of nitrogens with one attached hydrogen (secondary N) is 1. The quantitative estimate of drug-likeness (QED) is 0.804. The van der Waals surface area contributed by atoms with Gasteiger partial charge in [-0.05, 0) is 37.1 Å². The van der Waals surface area contributed by atoms with Gasteiger partial charge in [0, 0.05) is 5.02 Å². The lowest BCUT2D eigenvalue weighted by molar-refractivity contribution is 0.201. The fourth-order valence-electron chi connectivity index (χ4n) is 1.85. The van der Waals surface area contributed by atoms with E-state index in [1.165, 1.54) is 0 Å². The first kappa shape index (κ1) is 12.8. The highest BCUT2D eigenvalue weighted by Crippen LogP contribution is 2.26. The molecule has 2 unspecified atom stereocenters. The molecular weight excluding hydrogens is 236 g/mol. The predicted octanol–water partition coefficient (Wildman–Crippen LogP) is 3.52. The van der Waals surface area contributed by atoms with E-state index in [9.17, 15) is 4.39 Å². The molecule has 0 spiro atoms. The molecule has 1 aliphatic heterocycles. The van der Waals surface area contributed by atoms with E-state index in [0.29, 0.717) is 11.4 Å². The Bertz CT molecular complexity index is 302. The molecule has 1 N–H and O–H groups in total. The van der Waals surface area contributed by atoms with E-state index < -0.39 is 6.17 Å². The summed E-state index contributed by atoms with van der Waals surface area (Å²) in [6, 6.07) is 7.23. The van der Waals surface area contributed by atoms with Crippen LogP contribution in [0.3, 0.4) is 0 Å². The highest BCUT2D eigenvalue weighted by atomic mass is 35.5. The topological polar surface area (TPSA) is 12.0 Å². The van der Waals surface area contributed by atoms with Crippen molar-refractivity contribution in [1.29, 1.82) is 0 Å². The normalized spacial score (nSPS) is 25.7. The van der Waals surface area contributed by atoms with Crippen molar-refractivity contribution in [3.63, 3.8) is 0 Å². The second-order valence-corrected chi connectivity index (χ2v) is 4.08. The molecular formula is C11H14Cl2FN. The van der Waals surface area contributed by atoms with Crippen LogP contribution in [0, 0.1) is 0 Å². The molecule has 0 radical (unpaired) electrons. The first-order chi connectivity index (χ1) is 6.77. The lowest BCUT2D eigenvalue weighted by Crippen LogP contribution is -2.35. The lowest BCUT2D eigenvalue weighted by atomic mass is 9.96. The van der Waals surface area contributed by atoms with Gasteiger partial charge in [-0.25, -0.2) is 4.39 Å². The Morgan fingerprint density at radius 1 is 1.27 bits per heavy atom. The van der Waals surface area contributed by atoms with Crippen molar-refractivity contribution >= 4 is 24.0 Å². The Kier molecular flexibility index (Phi) is 4.84. The molecule has 15 heavy (non-hydrogen) atoms. The summed E-state index contributed by atoms with van der Waals surface area (Å²) in [6.07, 6.45) is 0.802. The molecule has 0 aromatic heterocycles. The fourth-order valence-corrected chi connectivity index (χ4v) is 1.97. The Hall–Kier alpha value is -0.310. The lowest BCUT2D eigenvalue weighted by Gasteiger charge is -2.27. The summed E-state index contributed by atoms with van der Waals surface area (Å²) in [7, 11) is 0. The van der Waals surface area contributed by atoms with E-state index in [1.54, 1.807) is 12.1 Å². The third-order valence-electron chi connectivity index (χ3n) is 2.61. The van der Waals surface area contributed by atoms with Crippen LogP contribution in [0.1, 0.15) is 24.4 Å². The molecule has 0 amide bonds. The summed E-state index contributed by atoms with van der Waals surface area (Å²) in [5.41, 5.74) is 0.988. The molecule has 1 nitrogen and oxygen atoms in total.